The molecule has 0 saturated carbocycles. The summed E-state index contributed by atoms with van der Waals surface area (Å²) >= 11 is 0. The SMILES string of the molecule is N#CCCN(Cc1cccnc1)C(=O)C=Cc1c(F)cccc1F. The number of aromatic nitrogens is 1. The van der Waals surface area contributed by atoms with Crippen LogP contribution in [-0.4, -0.2) is 22.3 Å². The summed E-state index contributed by atoms with van der Waals surface area (Å²) in [4.78, 5) is 17.7. The zero-order chi connectivity index (χ0) is 17.4. The monoisotopic (exact) mass is 327 g/mol. The quantitative estimate of drug-likeness (QED) is 0.765. The van der Waals surface area contributed by atoms with E-state index in [9.17, 15) is 13.6 Å². The average Bonchev–Trinajstić information content (AvgIpc) is 2.59. The van der Waals surface area contributed by atoms with Crippen molar-refractivity contribution in [2.45, 2.75) is 13.0 Å². The summed E-state index contributed by atoms with van der Waals surface area (Å²) in [6.45, 7) is 0.479. The van der Waals surface area contributed by atoms with Crippen molar-refractivity contribution in [3.8, 4) is 6.07 Å². The fourth-order valence-corrected chi connectivity index (χ4v) is 2.09. The molecule has 0 N–H and O–H groups in total. The fraction of sp³-hybridized carbons (Fsp3) is 0.167. The first-order chi connectivity index (χ1) is 11.6. The van der Waals surface area contributed by atoms with Crippen molar-refractivity contribution in [3.63, 3.8) is 0 Å². The van der Waals surface area contributed by atoms with Crippen LogP contribution in [0.1, 0.15) is 17.5 Å². The van der Waals surface area contributed by atoms with E-state index >= 15 is 0 Å². The van der Waals surface area contributed by atoms with Crippen LogP contribution in [0.5, 0.6) is 0 Å². The summed E-state index contributed by atoms with van der Waals surface area (Å²) < 4.78 is 27.2. The van der Waals surface area contributed by atoms with Gasteiger partial charge in [-0.2, -0.15) is 5.26 Å². The van der Waals surface area contributed by atoms with Gasteiger partial charge in [0.05, 0.1) is 12.5 Å². The highest BCUT2D eigenvalue weighted by Crippen LogP contribution is 2.14. The predicted molar refractivity (Wildman–Crippen MR) is 85.3 cm³/mol. The number of carbonyl (C=O) groups excluding carboxylic acids is 1. The third-order valence-electron chi connectivity index (χ3n) is 3.29. The Bertz CT molecular complexity index is 749. The minimum Gasteiger partial charge on any atom is -0.334 e. The van der Waals surface area contributed by atoms with E-state index in [0.717, 1.165) is 29.8 Å². The molecule has 0 spiro atoms. The highest BCUT2D eigenvalue weighted by atomic mass is 19.1. The minimum absolute atomic E-state index is 0.161. The maximum absolute atomic E-state index is 13.6. The van der Waals surface area contributed by atoms with E-state index in [1.54, 1.807) is 24.5 Å². The van der Waals surface area contributed by atoms with Gasteiger partial charge in [0.15, 0.2) is 0 Å². The second-order valence-electron chi connectivity index (χ2n) is 5.00. The van der Waals surface area contributed by atoms with Crippen LogP contribution in [0.2, 0.25) is 0 Å². The summed E-state index contributed by atoms with van der Waals surface area (Å²) in [5.41, 5.74) is 0.529. The minimum atomic E-state index is -0.741. The second kappa shape index (κ2) is 8.53. The van der Waals surface area contributed by atoms with Crippen LogP contribution in [0.15, 0.2) is 48.8 Å². The maximum atomic E-state index is 13.6. The number of pyridine rings is 1. The lowest BCUT2D eigenvalue weighted by molar-refractivity contribution is -0.126. The van der Waals surface area contributed by atoms with Crippen LogP contribution in [0.4, 0.5) is 8.78 Å². The molecule has 1 heterocycles. The van der Waals surface area contributed by atoms with Crippen LogP contribution in [0.3, 0.4) is 0 Å². The van der Waals surface area contributed by atoms with Gasteiger partial charge in [0.2, 0.25) is 5.91 Å². The maximum Gasteiger partial charge on any atom is 0.246 e. The van der Waals surface area contributed by atoms with Crippen molar-refractivity contribution in [1.82, 2.24) is 9.88 Å². The van der Waals surface area contributed by atoms with E-state index in [-0.39, 0.29) is 25.1 Å². The molecular weight excluding hydrogens is 312 g/mol. The lowest BCUT2D eigenvalue weighted by atomic mass is 10.1. The van der Waals surface area contributed by atoms with Gasteiger partial charge in [-0.3, -0.25) is 9.78 Å². The van der Waals surface area contributed by atoms with Gasteiger partial charge in [-0.15, -0.1) is 0 Å². The van der Waals surface area contributed by atoms with Gasteiger partial charge in [0.1, 0.15) is 11.6 Å². The van der Waals surface area contributed by atoms with Gasteiger partial charge >= 0.3 is 0 Å². The van der Waals surface area contributed by atoms with Crippen LogP contribution < -0.4 is 0 Å². The van der Waals surface area contributed by atoms with Crippen molar-refractivity contribution in [2.24, 2.45) is 0 Å². The Morgan fingerprint density at radius 3 is 2.62 bits per heavy atom. The van der Waals surface area contributed by atoms with Crippen molar-refractivity contribution >= 4 is 12.0 Å². The average molecular weight is 327 g/mol. The molecule has 0 aliphatic heterocycles. The van der Waals surface area contributed by atoms with E-state index in [4.69, 9.17) is 5.26 Å². The Kier molecular flexibility index (Phi) is 6.15. The molecule has 0 saturated heterocycles. The van der Waals surface area contributed by atoms with Gasteiger partial charge in [-0.05, 0) is 29.8 Å². The number of amides is 1. The Labute approximate surface area is 138 Å². The molecule has 122 valence electrons. The molecule has 2 aromatic rings. The van der Waals surface area contributed by atoms with Gasteiger partial charge < -0.3 is 4.90 Å². The predicted octanol–water partition coefficient (Wildman–Crippen LogP) is 3.32. The summed E-state index contributed by atoms with van der Waals surface area (Å²) in [7, 11) is 0. The molecule has 1 aromatic carbocycles. The van der Waals surface area contributed by atoms with Crippen LogP contribution in [-0.2, 0) is 11.3 Å². The zero-order valence-corrected chi connectivity index (χ0v) is 12.8. The number of rotatable bonds is 6. The molecule has 1 aromatic heterocycles. The smallest absolute Gasteiger partial charge is 0.246 e. The molecule has 0 fully saturated rings. The molecule has 2 rings (SSSR count). The third-order valence-corrected chi connectivity index (χ3v) is 3.29. The number of benzene rings is 1. The molecule has 0 aliphatic carbocycles. The molecule has 1 amide bonds. The fourth-order valence-electron chi connectivity index (χ4n) is 2.09. The van der Waals surface area contributed by atoms with Crippen molar-refractivity contribution in [1.29, 1.82) is 5.26 Å². The molecule has 0 aliphatic rings. The first kappa shape index (κ1) is 17.3. The van der Waals surface area contributed by atoms with E-state index in [0.29, 0.717) is 0 Å². The van der Waals surface area contributed by atoms with E-state index in [1.807, 2.05) is 6.07 Å². The highest BCUT2D eigenvalue weighted by Gasteiger charge is 2.12. The van der Waals surface area contributed by atoms with Crippen molar-refractivity contribution in [3.05, 3.63) is 71.6 Å². The molecular formula is C18H15F2N3O. The normalized spacial score (nSPS) is 10.5. The van der Waals surface area contributed by atoms with Gasteiger partial charge in [0.25, 0.3) is 0 Å². The van der Waals surface area contributed by atoms with Gasteiger partial charge in [0, 0.05) is 37.1 Å². The molecule has 0 unspecified atom stereocenters. The molecule has 6 heteroatoms. The van der Waals surface area contributed by atoms with Crippen LogP contribution >= 0.6 is 0 Å². The lowest BCUT2D eigenvalue weighted by Crippen LogP contribution is -2.29. The largest absolute Gasteiger partial charge is 0.334 e. The number of hydrogen-bond acceptors (Lipinski definition) is 3. The van der Waals surface area contributed by atoms with Crippen LogP contribution in [0.25, 0.3) is 6.08 Å². The van der Waals surface area contributed by atoms with Gasteiger partial charge in [-0.1, -0.05) is 12.1 Å². The third kappa shape index (κ3) is 4.71. The first-order valence-electron chi connectivity index (χ1n) is 7.28. The second-order valence-corrected chi connectivity index (χ2v) is 5.00. The molecule has 0 atom stereocenters. The number of nitriles is 1. The standard InChI is InChI=1S/C18H15F2N3O/c19-16-5-1-6-17(20)15(16)7-8-18(24)23(11-3-9-21)13-14-4-2-10-22-12-14/h1-2,4-8,10,12H,3,11,13H2. The lowest BCUT2D eigenvalue weighted by Gasteiger charge is -2.19. The molecule has 4 nitrogen and oxygen atoms in total. The number of halogens is 2. The van der Waals surface area contributed by atoms with E-state index in [1.165, 1.54) is 11.0 Å². The Morgan fingerprint density at radius 2 is 2.00 bits per heavy atom. The van der Waals surface area contributed by atoms with E-state index in [2.05, 4.69) is 4.98 Å². The summed E-state index contributed by atoms with van der Waals surface area (Å²) in [5, 5.41) is 8.73. The number of carbonyl (C=O) groups is 1. The summed E-state index contributed by atoms with van der Waals surface area (Å²) in [6, 6.07) is 9.02. The van der Waals surface area contributed by atoms with E-state index < -0.39 is 17.5 Å². The zero-order valence-electron chi connectivity index (χ0n) is 12.8. The molecule has 0 bridgehead atoms. The van der Waals surface area contributed by atoms with Crippen LogP contribution in [0, 0.1) is 23.0 Å². The Hall–Kier alpha value is -3.07. The van der Waals surface area contributed by atoms with Gasteiger partial charge in [-0.25, -0.2) is 8.78 Å². The van der Waals surface area contributed by atoms with Crippen molar-refractivity contribution in [2.75, 3.05) is 6.54 Å². The number of nitrogens with zero attached hydrogens (tertiary/aromatic N) is 3. The molecule has 0 radical (unpaired) electrons. The molecule has 24 heavy (non-hydrogen) atoms. The highest BCUT2D eigenvalue weighted by molar-refractivity contribution is 5.91. The Morgan fingerprint density at radius 1 is 1.25 bits per heavy atom. The topological polar surface area (TPSA) is 57.0 Å². The van der Waals surface area contributed by atoms with Crippen molar-refractivity contribution < 1.29 is 13.6 Å². The first-order valence-corrected chi connectivity index (χ1v) is 7.28. The summed E-state index contributed by atoms with van der Waals surface area (Å²) in [6.07, 6.45) is 5.61. The number of hydrogen-bond donors (Lipinski definition) is 0. The summed E-state index contributed by atoms with van der Waals surface area (Å²) in [5.74, 6) is -1.92. The Balaban J connectivity index is 2.15.